The van der Waals surface area contributed by atoms with E-state index in [9.17, 15) is 4.79 Å². The zero-order valence-electron chi connectivity index (χ0n) is 14.9. The second-order valence-corrected chi connectivity index (χ2v) is 6.03. The first-order chi connectivity index (χ1) is 12.5. The monoisotopic (exact) mass is 344 g/mol. The van der Waals surface area contributed by atoms with Gasteiger partial charge in [0.05, 0.1) is 7.11 Å². The Balaban J connectivity index is 1.98. The first-order valence-corrected chi connectivity index (χ1v) is 8.24. The number of carbonyl (C=O) groups excluding carboxylic acids is 1. The molecule has 130 valence electrons. The van der Waals surface area contributed by atoms with Crippen LogP contribution in [0.3, 0.4) is 0 Å². The molecule has 0 aliphatic carbocycles. The van der Waals surface area contributed by atoms with E-state index in [0.29, 0.717) is 5.75 Å². The molecule has 0 unspecified atom stereocenters. The maximum Gasteiger partial charge on any atom is 0.378 e. The van der Waals surface area contributed by atoms with Gasteiger partial charge < -0.3 is 9.47 Å². The Morgan fingerprint density at radius 3 is 2.15 bits per heavy atom. The first-order valence-electron chi connectivity index (χ1n) is 8.24. The topological polar surface area (TPSA) is 35.5 Å². The van der Waals surface area contributed by atoms with Gasteiger partial charge >= 0.3 is 5.97 Å². The molecule has 0 fully saturated rings. The second-order valence-electron chi connectivity index (χ2n) is 6.03. The minimum absolute atomic E-state index is 0.0320. The summed E-state index contributed by atoms with van der Waals surface area (Å²) in [6.45, 7) is 9.57. The highest BCUT2D eigenvalue weighted by Gasteiger charge is 2.11. The lowest BCUT2D eigenvalue weighted by atomic mass is 9.93. The number of ether oxygens (including phenoxy) is 2. The molecule has 3 heteroatoms. The predicted octanol–water partition coefficient (Wildman–Crippen LogP) is 5.61. The molecule has 0 heterocycles. The summed E-state index contributed by atoms with van der Waals surface area (Å²) in [6.07, 6.45) is 0. The van der Waals surface area contributed by atoms with Crippen LogP contribution in [-0.2, 0) is 9.53 Å². The molecule has 3 aromatic carbocycles. The van der Waals surface area contributed by atoms with Crippen molar-refractivity contribution in [1.29, 1.82) is 0 Å². The Bertz CT molecular complexity index is 998. The lowest BCUT2D eigenvalue weighted by Gasteiger charge is -2.12. The zero-order valence-corrected chi connectivity index (χ0v) is 14.9. The lowest BCUT2D eigenvalue weighted by molar-refractivity contribution is -0.133. The number of hydrogen-bond acceptors (Lipinski definition) is 3. The van der Waals surface area contributed by atoms with Gasteiger partial charge in [0, 0.05) is 0 Å². The molecular formula is C23H20O3. The van der Waals surface area contributed by atoms with Crippen molar-refractivity contribution in [3.8, 4) is 16.9 Å². The minimum atomic E-state index is -0.600. The highest BCUT2D eigenvalue weighted by Crippen LogP contribution is 2.33. The molecule has 0 amide bonds. The van der Waals surface area contributed by atoms with Gasteiger partial charge in [-0.15, -0.1) is 0 Å². The van der Waals surface area contributed by atoms with Gasteiger partial charge in [0.2, 0.25) is 0 Å². The van der Waals surface area contributed by atoms with Crippen LogP contribution in [0.25, 0.3) is 27.5 Å². The van der Waals surface area contributed by atoms with E-state index in [2.05, 4.69) is 37.4 Å². The van der Waals surface area contributed by atoms with E-state index in [-0.39, 0.29) is 5.76 Å². The molecule has 0 aromatic heterocycles. The average Bonchev–Trinajstić information content (AvgIpc) is 2.67. The van der Waals surface area contributed by atoms with Crippen molar-refractivity contribution in [2.24, 2.45) is 0 Å². The third-order valence-electron chi connectivity index (χ3n) is 4.23. The van der Waals surface area contributed by atoms with E-state index in [1.165, 1.54) is 12.5 Å². The van der Waals surface area contributed by atoms with Gasteiger partial charge in [-0.25, -0.2) is 4.79 Å². The lowest BCUT2D eigenvalue weighted by Crippen LogP contribution is -2.11. The van der Waals surface area contributed by atoms with Crippen LogP contribution in [0.15, 0.2) is 79.6 Å². The van der Waals surface area contributed by atoms with Crippen LogP contribution >= 0.6 is 0 Å². The number of allylic oxidation sites excluding steroid dienone is 1. The van der Waals surface area contributed by atoms with Crippen molar-refractivity contribution in [3.63, 3.8) is 0 Å². The summed E-state index contributed by atoms with van der Waals surface area (Å²) < 4.78 is 10.0. The molecule has 3 rings (SSSR count). The van der Waals surface area contributed by atoms with Crippen LogP contribution in [0, 0.1) is 0 Å². The molecule has 3 aromatic rings. The first kappa shape index (κ1) is 17.5. The van der Waals surface area contributed by atoms with Gasteiger partial charge in [0.25, 0.3) is 0 Å². The van der Waals surface area contributed by atoms with Crippen molar-refractivity contribution in [1.82, 2.24) is 0 Å². The Morgan fingerprint density at radius 2 is 1.54 bits per heavy atom. The van der Waals surface area contributed by atoms with Crippen molar-refractivity contribution < 1.29 is 14.3 Å². The van der Waals surface area contributed by atoms with E-state index in [4.69, 9.17) is 9.47 Å². The molecular weight excluding hydrogens is 324 g/mol. The van der Waals surface area contributed by atoms with Gasteiger partial charge in [0.1, 0.15) is 5.75 Å². The molecule has 0 saturated heterocycles. The SMILES string of the molecule is C=C(OC)C(=O)Oc1ccc(-c2ccc(C(=C)C)c3ccccc23)cc1. The Hall–Kier alpha value is -3.33. The molecule has 3 nitrogen and oxygen atoms in total. The van der Waals surface area contributed by atoms with Gasteiger partial charge in [0.15, 0.2) is 5.76 Å². The van der Waals surface area contributed by atoms with Crippen LogP contribution in [0.2, 0.25) is 0 Å². The smallest absolute Gasteiger partial charge is 0.378 e. The van der Waals surface area contributed by atoms with E-state index >= 15 is 0 Å². The molecule has 0 atom stereocenters. The third-order valence-corrected chi connectivity index (χ3v) is 4.23. The van der Waals surface area contributed by atoms with Gasteiger partial charge in [-0.2, -0.15) is 0 Å². The number of carbonyl (C=O) groups is 1. The maximum atomic E-state index is 11.7. The summed E-state index contributed by atoms with van der Waals surface area (Å²) in [6, 6.07) is 19.8. The number of rotatable bonds is 5. The van der Waals surface area contributed by atoms with Gasteiger partial charge in [-0.05, 0) is 53.1 Å². The predicted molar refractivity (Wildman–Crippen MR) is 106 cm³/mol. The molecule has 0 N–H and O–H groups in total. The third kappa shape index (κ3) is 3.38. The summed E-state index contributed by atoms with van der Waals surface area (Å²) >= 11 is 0. The highest BCUT2D eigenvalue weighted by atomic mass is 16.6. The van der Waals surface area contributed by atoms with Gasteiger partial charge in [-0.3, -0.25) is 0 Å². The largest absolute Gasteiger partial charge is 0.490 e. The molecule has 0 aliphatic rings. The summed E-state index contributed by atoms with van der Waals surface area (Å²) in [4.78, 5) is 11.7. The number of esters is 1. The average molecular weight is 344 g/mol. The highest BCUT2D eigenvalue weighted by molar-refractivity contribution is 6.02. The summed E-state index contributed by atoms with van der Waals surface area (Å²) in [5, 5.41) is 2.33. The normalized spacial score (nSPS) is 10.4. The number of benzene rings is 3. The van der Waals surface area contributed by atoms with Crippen molar-refractivity contribution in [2.75, 3.05) is 7.11 Å². The fourth-order valence-corrected chi connectivity index (χ4v) is 2.87. The van der Waals surface area contributed by atoms with Crippen molar-refractivity contribution in [3.05, 3.63) is 85.1 Å². The fourth-order valence-electron chi connectivity index (χ4n) is 2.87. The number of hydrogen-bond donors (Lipinski definition) is 0. The summed E-state index contributed by atoms with van der Waals surface area (Å²) in [7, 11) is 1.38. The van der Waals surface area contributed by atoms with Crippen molar-refractivity contribution in [2.45, 2.75) is 6.92 Å². The quantitative estimate of drug-likeness (QED) is 0.261. The summed E-state index contributed by atoms with van der Waals surface area (Å²) in [5.41, 5.74) is 4.34. The minimum Gasteiger partial charge on any atom is -0.490 e. The van der Waals surface area contributed by atoms with Gasteiger partial charge in [-0.1, -0.05) is 60.7 Å². The molecule has 26 heavy (non-hydrogen) atoms. The molecule has 0 radical (unpaired) electrons. The fraction of sp³-hybridized carbons (Fsp3) is 0.0870. The van der Waals surface area contributed by atoms with Crippen LogP contribution in [0.4, 0.5) is 0 Å². The Labute approximate surface area is 153 Å². The maximum absolute atomic E-state index is 11.7. The van der Waals surface area contributed by atoms with Crippen LogP contribution in [0.1, 0.15) is 12.5 Å². The standard InChI is InChI=1S/C23H20O3/c1-15(2)19-13-14-20(22-8-6-5-7-21(19)22)17-9-11-18(12-10-17)26-23(24)16(3)25-4/h5-14H,1,3H2,2,4H3. The number of methoxy groups -OCH3 is 1. The number of fused-ring (bicyclic) bond motifs is 1. The second kappa shape index (κ2) is 7.28. The molecule has 0 spiro atoms. The zero-order chi connectivity index (χ0) is 18.7. The van der Waals surface area contributed by atoms with Crippen LogP contribution in [0.5, 0.6) is 5.75 Å². The molecule has 0 bridgehead atoms. The van der Waals surface area contributed by atoms with Crippen molar-refractivity contribution >= 4 is 22.3 Å². The summed E-state index contributed by atoms with van der Waals surface area (Å²) in [5.74, 6) is -0.188. The molecule has 0 saturated carbocycles. The van der Waals surface area contributed by atoms with E-state index in [0.717, 1.165) is 27.6 Å². The van der Waals surface area contributed by atoms with E-state index in [1.54, 1.807) is 12.1 Å². The Morgan fingerprint density at radius 1 is 0.885 bits per heavy atom. The Kier molecular flexibility index (Phi) is 4.90. The van der Waals surface area contributed by atoms with Crippen LogP contribution < -0.4 is 4.74 Å². The van der Waals surface area contributed by atoms with E-state index < -0.39 is 5.97 Å². The van der Waals surface area contributed by atoms with E-state index in [1.807, 2.05) is 31.2 Å². The van der Waals surface area contributed by atoms with Crippen LogP contribution in [-0.4, -0.2) is 13.1 Å². The molecule has 0 aliphatic heterocycles.